The van der Waals surface area contributed by atoms with E-state index in [1.54, 1.807) is 91.8 Å². The maximum absolute atomic E-state index is 4.08. The van der Waals surface area contributed by atoms with Crippen LogP contribution in [0.2, 0.25) is 0 Å². The molecule has 1 N–H and O–H groups in total. The van der Waals surface area contributed by atoms with Gasteiger partial charge in [-0.1, -0.05) is 30.3 Å². The normalized spacial score (nSPS) is 10.8. The molecule has 19 aromatic rings. The molecule has 0 atom stereocenters. The number of hydrogen-bond donors (Lipinski definition) is 1. The molecule has 20 rings (SSSR count). The molecule has 0 saturated heterocycles. The molecule has 438 valence electrons. The summed E-state index contributed by atoms with van der Waals surface area (Å²) in [6.45, 7) is 1.24. The second-order valence-electron chi connectivity index (χ2n) is 18.8. The number of fused-ring (bicyclic) bond motifs is 10. The van der Waals surface area contributed by atoms with Crippen molar-refractivity contribution in [1.29, 1.82) is 0 Å². The van der Waals surface area contributed by atoms with Gasteiger partial charge in [0, 0.05) is 130 Å². The first-order valence-electron chi connectivity index (χ1n) is 28.0. The first-order chi connectivity index (χ1) is 44.2. The van der Waals surface area contributed by atoms with Crippen molar-refractivity contribution in [3.05, 3.63) is 319 Å². The number of rotatable bonds is 0. The minimum absolute atomic E-state index is 0.887. The fraction of sp³-hybridized carbons (Fsp3) is 0.0462. The van der Waals surface area contributed by atoms with Gasteiger partial charge < -0.3 is 22.8 Å². The fourth-order valence-corrected chi connectivity index (χ4v) is 8.65. The van der Waals surface area contributed by atoms with Crippen LogP contribution >= 0.6 is 0 Å². The largest absolute Gasteiger partial charge is 0.351 e. The SMILES string of the molecule is c1cc2n(c1)CCC2.c1cc2nc[nH]c2cn1.c1cc2nccn2cn1.c1ccn2ccnc2c1.c1ccn2cncc2c1.c1ccn2cnnc2c1.c1ccn2nccc2c1.c1ccn2ncnc2c1.c1cn2ccnc2cn1.c1cnn2cccc2c1. The van der Waals surface area contributed by atoms with Gasteiger partial charge in [0.1, 0.15) is 30.3 Å². The molecule has 0 amide bonds. The Bertz CT molecular complexity index is 3880. The second kappa shape index (κ2) is 30.6. The Kier molecular flexibility index (Phi) is 19.9. The Morgan fingerprint density at radius 2 is 0.966 bits per heavy atom. The lowest BCUT2D eigenvalue weighted by atomic mass is 10.3. The topological polar surface area (TPSA) is 236 Å². The highest BCUT2D eigenvalue weighted by atomic mass is 15.3. The van der Waals surface area contributed by atoms with Gasteiger partial charge in [0.15, 0.2) is 16.9 Å². The van der Waals surface area contributed by atoms with Gasteiger partial charge >= 0.3 is 0 Å². The summed E-state index contributed by atoms with van der Waals surface area (Å²) in [7, 11) is 0. The molecule has 0 unspecified atom stereocenters. The number of pyridine rings is 6. The molecule has 1 aliphatic heterocycles. The van der Waals surface area contributed by atoms with Crippen LogP contribution in [-0.4, -0.2) is 115 Å². The molecule has 0 bridgehead atoms. The highest BCUT2D eigenvalue weighted by Crippen LogP contribution is 2.13. The van der Waals surface area contributed by atoms with Gasteiger partial charge in [-0.2, -0.15) is 15.3 Å². The first-order valence-corrected chi connectivity index (χ1v) is 28.0. The molecule has 0 aliphatic carbocycles. The zero-order valence-electron chi connectivity index (χ0n) is 47.9. The van der Waals surface area contributed by atoms with Crippen LogP contribution < -0.4 is 0 Å². The smallest absolute Gasteiger partial charge is 0.160 e. The van der Waals surface area contributed by atoms with Crippen molar-refractivity contribution in [3.8, 4) is 0 Å². The van der Waals surface area contributed by atoms with Crippen molar-refractivity contribution in [1.82, 2.24) is 115 Å². The Morgan fingerprint density at radius 1 is 0.348 bits per heavy atom. The van der Waals surface area contributed by atoms with Crippen molar-refractivity contribution >= 4 is 55.8 Å². The maximum atomic E-state index is 4.08. The average molecular weight is 1180 g/mol. The number of nitrogens with zero attached hydrogens (tertiary/aromatic N) is 23. The predicted molar refractivity (Wildman–Crippen MR) is 339 cm³/mol. The third-order valence-electron chi connectivity index (χ3n) is 13.0. The Morgan fingerprint density at radius 3 is 1.74 bits per heavy atom. The molecule has 19 aromatic heterocycles. The molecular weight excluding hydrogens is 1120 g/mol. The van der Waals surface area contributed by atoms with Gasteiger partial charge in [0.25, 0.3) is 0 Å². The molecule has 0 fully saturated rings. The lowest BCUT2D eigenvalue weighted by Crippen LogP contribution is -1.86. The number of H-pyrrole nitrogens is 1. The van der Waals surface area contributed by atoms with Gasteiger partial charge in [-0.05, 0) is 128 Å². The molecule has 1 aliphatic rings. The predicted octanol–water partition coefficient (Wildman–Crippen LogP) is 10.6. The summed E-state index contributed by atoms with van der Waals surface area (Å²) in [4.78, 5) is 38.8. The van der Waals surface area contributed by atoms with Crippen LogP contribution in [0.5, 0.6) is 0 Å². The minimum atomic E-state index is 0.887. The van der Waals surface area contributed by atoms with E-state index in [9.17, 15) is 0 Å². The number of aryl methyl sites for hydroxylation is 2. The van der Waals surface area contributed by atoms with Crippen molar-refractivity contribution in [2.75, 3.05) is 0 Å². The highest BCUT2D eigenvalue weighted by molar-refractivity contribution is 5.72. The average Bonchev–Trinajstić information content (AvgIpc) is 4.46. The number of nitrogens with one attached hydrogen (secondary N) is 1. The molecule has 0 saturated carbocycles. The lowest BCUT2D eigenvalue weighted by molar-refractivity contribution is 0.750. The molecule has 89 heavy (non-hydrogen) atoms. The number of hydrogen-bond acceptors (Lipinski definition) is 14. The van der Waals surface area contributed by atoms with Gasteiger partial charge in [0.2, 0.25) is 0 Å². The molecule has 0 spiro atoms. The van der Waals surface area contributed by atoms with E-state index in [2.05, 4.69) is 98.2 Å². The first kappa shape index (κ1) is 57.9. The molecule has 0 radical (unpaired) electrons. The van der Waals surface area contributed by atoms with Crippen molar-refractivity contribution in [2.45, 2.75) is 19.4 Å². The Labute approximate surface area is 507 Å². The molecular formula is C65H58N24. The fourth-order valence-electron chi connectivity index (χ4n) is 8.65. The summed E-state index contributed by atoms with van der Waals surface area (Å²) >= 11 is 0. The van der Waals surface area contributed by atoms with Gasteiger partial charge in [-0.3, -0.25) is 18.8 Å². The van der Waals surface area contributed by atoms with Crippen LogP contribution in [0.3, 0.4) is 0 Å². The Hall–Kier alpha value is -12.9. The van der Waals surface area contributed by atoms with Crippen LogP contribution in [0.15, 0.2) is 314 Å². The summed E-state index contributed by atoms with van der Waals surface area (Å²) in [5.74, 6) is 0. The zero-order chi connectivity index (χ0) is 60.3. The van der Waals surface area contributed by atoms with E-state index in [0.717, 1.165) is 55.8 Å². The monoisotopic (exact) mass is 1170 g/mol. The maximum Gasteiger partial charge on any atom is 0.160 e. The van der Waals surface area contributed by atoms with Crippen LogP contribution in [0, 0.1) is 0 Å². The lowest BCUT2D eigenvalue weighted by Gasteiger charge is -1.90. The summed E-state index contributed by atoms with van der Waals surface area (Å²) in [6.07, 6.45) is 51.6. The minimum Gasteiger partial charge on any atom is -0.351 e. The van der Waals surface area contributed by atoms with E-state index in [0.29, 0.717) is 0 Å². The molecule has 0 aromatic carbocycles. The molecule has 24 heteroatoms. The van der Waals surface area contributed by atoms with E-state index in [1.165, 1.54) is 31.4 Å². The van der Waals surface area contributed by atoms with E-state index in [-0.39, 0.29) is 0 Å². The standard InChI is InChI=1S/4C7H6N2.C7H9N.5C6H5N3/c1-3-7-4-2-6-9(7)8-5-1;1-2-6-9-7(3-1)4-5-8-9;1-2-5-9-6-4-8-7(9)3-1;1-2-4-9-6-8-5-7(9)3-1;1-3-7-4-2-6-8(7)5-1;1-3-9-4-2-8-6(9)5-7-1;1-2-7-3-6-5(1)8-4-9-6;1-2-7-5-9-4-3-8-6(1)9;1-2-4-9-5-7-8-6(9)3-1;1-2-4-9-6(3-1)7-5-8-9/h4*1-6H;1,3,5H,2,4,6H2;1-5H;1-4H,(H,8,9);3*1-5H. The highest BCUT2D eigenvalue weighted by Gasteiger charge is 2.06. The summed E-state index contributed by atoms with van der Waals surface area (Å²) in [5, 5.41) is 19.6. The number of imidazole rings is 5. The number of aromatic amines is 1. The van der Waals surface area contributed by atoms with E-state index >= 15 is 0 Å². The van der Waals surface area contributed by atoms with Crippen LogP contribution in [0.25, 0.3) is 55.8 Å². The van der Waals surface area contributed by atoms with Crippen molar-refractivity contribution in [3.63, 3.8) is 0 Å². The van der Waals surface area contributed by atoms with Gasteiger partial charge in [-0.15, -0.1) is 10.2 Å². The Balaban J connectivity index is 0.000000102. The second-order valence-corrected chi connectivity index (χ2v) is 18.8. The van der Waals surface area contributed by atoms with Crippen LogP contribution in [0.4, 0.5) is 0 Å². The molecule has 24 nitrogen and oxygen atoms in total. The van der Waals surface area contributed by atoms with Crippen molar-refractivity contribution in [2.24, 2.45) is 0 Å². The molecule has 20 heterocycles. The van der Waals surface area contributed by atoms with Crippen LogP contribution in [-0.2, 0) is 13.0 Å². The summed E-state index contributed by atoms with van der Waals surface area (Å²) in [5.41, 5.74) is 11.5. The van der Waals surface area contributed by atoms with E-state index in [1.807, 2.05) is 233 Å². The number of aromatic nitrogens is 24. The van der Waals surface area contributed by atoms with Crippen molar-refractivity contribution < 1.29 is 0 Å². The van der Waals surface area contributed by atoms with Gasteiger partial charge in [0.05, 0.1) is 58.8 Å². The van der Waals surface area contributed by atoms with Gasteiger partial charge in [-0.25, -0.2) is 48.4 Å². The third kappa shape index (κ3) is 16.5. The van der Waals surface area contributed by atoms with E-state index < -0.39 is 0 Å². The quantitative estimate of drug-likeness (QED) is 0.149. The van der Waals surface area contributed by atoms with E-state index in [4.69, 9.17) is 0 Å². The zero-order valence-corrected chi connectivity index (χ0v) is 47.9. The van der Waals surface area contributed by atoms with Crippen LogP contribution in [0.1, 0.15) is 12.1 Å². The summed E-state index contributed by atoms with van der Waals surface area (Å²) < 4.78 is 17.3. The summed E-state index contributed by atoms with van der Waals surface area (Å²) in [6, 6.07) is 47.4. The third-order valence-corrected chi connectivity index (χ3v) is 13.0.